The highest BCUT2D eigenvalue weighted by Crippen LogP contribution is 2.19. The molecule has 2 rings (SSSR count). The number of amides is 1. The van der Waals surface area contributed by atoms with Crippen molar-refractivity contribution >= 4 is 15.9 Å². The van der Waals surface area contributed by atoms with Crippen molar-refractivity contribution in [3.05, 3.63) is 35.9 Å². The molecule has 1 aliphatic rings. The zero-order valence-corrected chi connectivity index (χ0v) is 11.7. The van der Waals surface area contributed by atoms with Crippen molar-refractivity contribution in [1.82, 2.24) is 9.62 Å². The van der Waals surface area contributed by atoms with Crippen molar-refractivity contribution in [2.75, 3.05) is 25.4 Å². The van der Waals surface area contributed by atoms with Gasteiger partial charge in [-0.1, -0.05) is 37.3 Å². The second kappa shape index (κ2) is 5.71. The molecule has 1 unspecified atom stereocenters. The highest BCUT2D eigenvalue weighted by molar-refractivity contribution is 7.89. The Morgan fingerprint density at radius 2 is 2.00 bits per heavy atom. The Labute approximate surface area is 113 Å². The lowest BCUT2D eigenvalue weighted by Crippen LogP contribution is -2.50. The summed E-state index contributed by atoms with van der Waals surface area (Å²) < 4.78 is 25.8. The molecule has 0 spiro atoms. The normalized spacial score (nSPS) is 18.9. The lowest BCUT2D eigenvalue weighted by molar-refractivity contribution is -0.122. The lowest BCUT2D eigenvalue weighted by Gasteiger charge is -2.27. The number of benzene rings is 1. The van der Waals surface area contributed by atoms with Gasteiger partial charge in [0.1, 0.15) is 0 Å². The van der Waals surface area contributed by atoms with E-state index in [-0.39, 0.29) is 24.1 Å². The largest absolute Gasteiger partial charge is 0.354 e. The van der Waals surface area contributed by atoms with Crippen LogP contribution in [0.3, 0.4) is 0 Å². The molecule has 1 saturated heterocycles. The zero-order valence-electron chi connectivity index (χ0n) is 10.9. The Balaban J connectivity index is 2.06. The quantitative estimate of drug-likeness (QED) is 0.877. The Bertz CT molecular complexity index is 542. The average molecular weight is 282 g/mol. The van der Waals surface area contributed by atoms with E-state index in [1.807, 2.05) is 37.3 Å². The van der Waals surface area contributed by atoms with Crippen molar-refractivity contribution in [2.24, 2.45) is 0 Å². The summed E-state index contributed by atoms with van der Waals surface area (Å²) in [5.41, 5.74) is 0.993. The minimum absolute atomic E-state index is 0.0320. The van der Waals surface area contributed by atoms with E-state index in [2.05, 4.69) is 5.32 Å². The van der Waals surface area contributed by atoms with Gasteiger partial charge < -0.3 is 5.32 Å². The highest BCUT2D eigenvalue weighted by Gasteiger charge is 2.29. The van der Waals surface area contributed by atoms with Gasteiger partial charge in [0.2, 0.25) is 15.9 Å². The predicted octanol–water partition coefficient (Wildman–Crippen LogP) is 0.552. The molecule has 5 nitrogen and oxygen atoms in total. The van der Waals surface area contributed by atoms with Crippen LogP contribution in [-0.4, -0.2) is 44.0 Å². The fourth-order valence-electron chi connectivity index (χ4n) is 2.15. The van der Waals surface area contributed by atoms with Gasteiger partial charge in [0, 0.05) is 13.1 Å². The molecule has 0 saturated carbocycles. The Morgan fingerprint density at radius 1 is 1.32 bits per heavy atom. The maximum absolute atomic E-state index is 12.3. The molecule has 1 aromatic carbocycles. The third kappa shape index (κ3) is 3.54. The van der Waals surface area contributed by atoms with Gasteiger partial charge >= 0.3 is 0 Å². The van der Waals surface area contributed by atoms with Crippen LogP contribution in [0.25, 0.3) is 0 Å². The predicted molar refractivity (Wildman–Crippen MR) is 73.2 cm³/mol. The first kappa shape index (κ1) is 14.0. The van der Waals surface area contributed by atoms with Gasteiger partial charge in [-0.2, -0.15) is 4.31 Å². The number of carbonyl (C=O) groups is 1. The van der Waals surface area contributed by atoms with Gasteiger partial charge in [0.05, 0.1) is 12.3 Å². The van der Waals surface area contributed by atoms with Crippen molar-refractivity contribution in [1.29, 1.82) is 0 Å². The van der Waals surface area contributed by atoms with Crippen molar-refractivity contribution < 1.29 is 13.2 Å². The minimum atomic E-state index is -3.39. The summed E-state index contributed by atoms with van der Waals surface area (Å²) in [4.78, 5) is 11.3. The van der Waals surface area contributed by atoms with Crippen LogP contribution < -0.4 is 5.32 Å². The number of sulfonamides is 1. The second-order valence-corrected chi connectivity index (χ2v) is 6.79. The van der Waals surface area contributed by atoms with E-state index >= 15 is 0 Å². The van der Waals surface area contributed by atoms with E-state index in [1.54, 1.807) is 0 Å². The Hall–Kier alpha value is -1.40. The molecule has 1 atom stereocenters. The first-order valence-electron chi connectivity index (χ1n) is 6.28. The van der Waals surface area contributed by atoms with E-state index in [0.717, 1.165) is 5.56 Å². The summed E-state index contributed by atoms with van der Waals surface area (Å²) in [6.07, 6.45) is 0. The van der Waals surface area contributed by atoms with Crippen LogP contribution in [0, 0.1) is 0 Å². The average Bonchev–Trinajstić information content (AvgIpc) is 2.39. The van der Waals surface area contributed by atoms with E-state index in [9.17, 15) is 13.2 Å². The summed E-state index contributed by atoms with van der Waals surface area (Å²) in [5.74, 6) is -0.289. The number of hydrogen-bond donors (Lipinski definition) is 1. The maximum atomic E-state index is 12.3. The molecule has 0 aromatic heterocycles. The van der Waals surface area contributed by atoms with Crippen molar-refractivity contribution in [3.8, 4) is 0 Å². The minimum Gasteiger partial charge on any atom is -0.354 e. The molecule has 1 N–H and O–H groups in total. The number of nitrogens with one attached hydrogen (secondary N) is 1. The highest BCUT2D eigenvalue weighted by atomic mass is 32.2. The molecule has 0 radical (unpaired) electrons. The van der Waals surface area contributed by atoms with Gasteiger partial charge in [-0.25, -0.2) is 8.42 Å². The lowest BCUT2D eigenvalue weighted by atomic mass is 10.0. The molecule has 1 aromatic rings. The molecular weight excluding hydrogens is 264 g/mol. The molecular formula is C13H18N2O3S. The third-order valence-electron chi connectivity index (χ3n) is 3.23. The standard InChI is InChI=1S/C13H18N2O3S/c1-11(12-5-3-2-4-6-12)10-19(17,18)15-8-7-14-13(16)9-15/h2-6,11H,7-10H2,1H3,(H,14,16). The molecule has 6 heteroatoms. The van der Waals surface area contributed by atoms with Crippen molar-refractivity contribution in [2.45, 2.75) is 12.8 Å². The molecule has 1 aliphatic heterocycles. The molecule has 0 aliphatic carbocycles. The number of piperazine rings is 1. The molecule has 19 heavy (non-hydrogen) atoms. The zero-order chi connectivity index (χ0) is 13.9. The smallest absolute Gasteiger partial charge is 0.235 e. The molecule has 1 fully saturated rings. The van der Waals surface area contributed by atoms with Crippen LogP contribution in [0.4, 0.5) is 0 Å². The summed E-state index contributed by atoms with van der Waals surface area (Å²) in [6, 6.07) is 9.53. The Kier molecular flexibility index (Phi) is 4.21. The van der Waals surface area contributed by atoms with Gasteiger partial charge in [-0.15, -0.1) is 0 Å². The van der Waals surface area contributed by atoms with Crippen LogP contribution in [0.15, 0.2) is 30.3 Å². The van der Waals surface area contributed by atoms with E-state index in [4.69, 9.17) is 0 Å². The van der Waals surface area contributed by atoms with Crippen LogP contribution in [-0.2, 0) is 14.8 Å². The summed E-state index contributed by atoms with van der Waals surface area (Å²) in [7, 11) is -3.39. The molecule has 1 heterocycles. The van der Waals surface area contributed by atoms with E-state index < -0.39 is 10.0 Å². The fourth-order valence-corrected chi connectivity index (χ4v) is 3.87. The first-order valence-corrected chi connectivity index (χ1v) is 7.89. The number of rotatable bonds is 4. The van der Waals surface area contributed by atoms with Gasteiger partial charge in [0.15, 0.2) is 0 Å². The fraction of sp³-hybridized carbons (Fsp3) is 0.462. The summed E-state index contributed by atoms with van der Waals surface area (Å²) in [6.45, 7) is 2.56. The van der Waals surface area contributed by atoms with Crippen LogP contribution >= 0.6 is 0 Å². The van der Waals surface area contributed by atoms with Gasteiger partial charge in [-0.05, 0) is 11.5 Å². The molecule has 1 amide bonds. The summed E-state index contributed by atoms with van der Waals surface area (Å²) >= 11 is 0. The Morgan fingerprint density at radius 3 is 2.63 bits per heavy atom. The third-order valence-corrected chi connectivity index (χ3v) is 5.25. The number of nitrogens with zero attached hydrogens (tertiary/aromatic N) is 1. The monoisotopic (exact) mass is 282 g/mol. The van der Waals surface area contributed by atoms with Crippen LogP contribution in [0.2, 0.25) is 0 Å². The SMILES string of the molecule is CC(CS(=O)(=O)N1CCNC(=O)C1)c1ccccc1. The second-order valence-electron chi connectivity index (χ2n) is 4.77. The number of hydrogen-bond acceptors (Lipinski definition) is 3. The van der Waals surface area contributed by atoms with Crippen LogP contribution in [0.1, 0.15) is 18.4 Å². The first-order chi connectivity index (χ1) is 8.99. The summed E-state index contributed by atoms with van der Waals surface area (Å²) in [5, 5.41) is 2.62. The molecule has 104 valence electrons. The number of carbonyl (C=O) groups excluding carboxylic acids is 1. The van der Waals surface area contributed by atoms with Crippen LogP contribution in [0.5, 0.6) is 0 Å². The van der Waals surface area contributed by atoms with Crippen molar-refractivity contribution in [3.63, 3.8) is 0 Å². The molecule has 0 bridgehead atoms. The van der Waals surface area contributed by atoms with Gasteiger partial charge in [-0.3, -0.25) is 4.79 Å². The maximum Gasteiger partial charge on any atom is 0.235 e. The van der Waals surface area contributed by atoms with E-state index in [0.29, 0.717) is 13.1 Å². The topological polar surface area (TPSA) is 66.5 Å². The van der Waals surface area contributed by atoms with Gasteiger partial charge in [0.25, 0.3) is 0 Å². The van der Waals surface area contributed by atoms with E-state index in [1.165, 1.54) is 4.31 Å².